The van der Waals surface area contributed by atoms with Crippen molar-refractivity contribution in [3.63, 3.8) is 0 Å². The van der Waals surface area contributed by atoms with Crippen LogP contribution in [-0.2, 0) is 19.1 Å². The number of aliphatic carboxylic acids is 1. The average Bonchev–Trinajstić information content (AvgIpc) is 3.07. The third-order valence-electron chi connectivity index (χ3n) is 8.66. The minimum atomic E-state index is -1.02. The van der Waals surface area contributed by atoms with Crippen LogP contribution in [0.15, 0.2) is 36.5 Å². The van der Waals surface area contributed by atoms with Gasteiger partial charge in [0.1, 0.15) is 12.1 Å². The smallest absolute Gasteiger partial charge is 0.326 e. The molecule has 0 aromatic heterocycles. The summed E-state index contributed by atoms with van der Waals surface area (Å²) in [5.74, 6) is -1.36. The molecular weight excluding hydrogens is 600 g/mol. The number of unbranched alkanes of at least 4 members (excludes halogenated alkanes) is 17. The fourth-order valence-electron chi connectivity index (χ4n) is 5.61. The summed E-state index contributed by atoms with van der Waals surface area (Å²) in [6, 6.07) is -0.874. The Labute approximate surface area is 295 Å². The average molecular weight is 675 g/mol. The molecule has 0 fully saturated rings. The molecule has 4 N–H and O–H groups in total. The Hall–Kier alpha value is -2.41. The predicted molar refractivity (Wildman–Crippen MR) is 202 cm³/mol. The third-order valence-corrected chi connectivity index (χ3v) is 8.66. The number of carbonyl (C=O) groups is 3. The Bertz CT molecular complexity index is 854. The van der Waals surface area contributed by atoms with Gasteiger partial charge in [-0.05, 0) is 89.7 Å². The van der Waals surface area contributed by atoms with Crippen LogP contribution in [0.25, 0.3) is 0 Å². The molecule has 0 heterocycles. The van der Waals surface area contributed by atoms with E-state index in [1.54, 1.807) is 0 Å². The highest BCUT2D eigenvalue weighted by Gasteiger charge is 2.19. The predicted octanol–water partition coefficient (Wildman–Crippen LogP) is 10.7. The van der Waals surface area contributed by atoms with Gasteiger partial charge in [0, 0.05) is 12.8 Å². The highest BCUT2D eigenvalue weighted by Crippen LogP contribution is 2.15. The first-order valence-electron chi connectivity index (χ1n) is 19.8. The van der Waals surface area contributed by atoms with E-state index in [1.807, 2.05) is 6.08 Å². The zero-order valence-corrected chi connectivity index (χ0v) is 31.1. The van der Waals surface area contributed by atoms with Crippen molar-refractivity contribution in [1.82, 2.24) is 5.32 Å². The van der Waals surface area contributed by atoms with E-state index in [1.165, 1.54) is 77.0 Å². The normalized spacial score (nSPS) is 13.1. The monoisotopic (exact) mass is 675 g/mol. The highest BCUT2D eigenvalue weighted by molar-refractivity contribution is 5.83. The molecule has 7 heteroatoms. The molecule has 0 aliphatic heterocycles. The second-order valence-electron chi connectivity index (χ2n) is 13.3. The molecule has 0 aliphatic rings. The van der Waals surface area contributed by atoms with Crippen LogP contribution < -0.4 is 11.1 Å². The zero-order chi connectivity index (χ0) is 35.3. The van der Waals surface area contributed by atoms with Gasteiger partial charge in [-0.15, -0.1) is 0 Å². The van der Waals surface area contributed by atoms with E-state index in [4.69, 9.17) is 10.5 Å². The Morgan fingerprint density at radius 3 is 1.79 bits per heavy atom. The molecule has 7 nitrogen and oxygen atoms in total. The van der Waals surface area contributed by atoms with Crippen molar-refractivity contribution in [2.24, 2.45) is 5.73 Å². The largest absolute Gasteiger partial charge is 0.480 e. The quantitative estimate of drug-likeness (QED) is 0.0350. The SMILES string of the molecule is CCCC/C=C\C/C=C\C(CCCCCCC(=O)NC(CCCN)C(=O)O)OC(=O)CCCCCCC/C=C\CCCCCCCCC. The molecule has 0 spiro atoms. The van der Waals surface area contributed by atoms with Crippen molar-refractivity contribution in [2.45, 2.75) is 199 Å². The first-order valence-corrected chi connectivity index (χ1v) is 19.8. The second-order valence-corrected chi connectivity index (χ2v) is 13.3. The van der Waals surface area contributed by atoms with E-state index in [9.17, 15) is 19.5 Å². The van der Waals surface area contributed by atoms with E-state index >= 15 is 0 Å². The van der Waals surface area contributed by atoms with Gasteiger partial charge in [-0.25, -0.2) is 4.79 Å². The van der Waals surface area contributed by atoms with Crippen LogP contribution in [0.2, 0.25) is 0 Å². The number of esters is 1. The topological polar surface area (TPSA) is 119 Å². The molecule has 0 rings (SSSR count). The van der Waals surface area contributed by atoms with E-state index in [0.29, 0.717) is 38.6 Å². The van der Waals surface area contributed by atoms with Crippen LogP contribution >= 0.6 is 0 Å². The number of allylic oxidation sites excluding steroid dienone is 5. The lowest BCUT2D eigenvalue weighted by Gasteiger charge is -2.15. The van der Waals surface area contributed by atoms with Crippen molar-refractivity contribution in [3.05, 3.63) is 36.5 Å². The molecule has 0 radical (unpaired) electrons. The number of carboxylic acid groups (broad SMARTS) is 1. The molecule has 278 valence electrons. The molecule has 0 aromatic rings. The maximum absolute atomic E-state index is 12.6. The summed E-state index contributed by atoms with van der Waals surface area (Å²) < 4.78 is 5.88. The number of hydrogen-bond acceptors (Lipinski definition) is 5. The summed E-state index contributed by atoms with van der Waals surface area (Å²) in [7, 11) is 0. The molecule has 2 unspecified atom stereocenters. The van der Waals surface area contributed by atoms with Gasteiger partial charge in [-0.2, -0.15) is 0 Å². The third kappa shape index (κ3) is 32.2. The van der Waals surface area contributed by atoms with Crippen LogP contribution in [0.1, 0.15) is 187 Å². The first kappa shape index (κ1) is 45.6. The fraction of sp³-hybridized carbons (Fsp3) is 0.780. The molecule has 0 aliphatic carbocycles. The van der Waals surface area contributed by atoms with E-state index in [-0.39, 0.29) is 18.0 Å². The molecule has 1 amide bonds. The minimum Gasteiger partial charge on any atom is -0.480 e. The fourth-order valence-corrected chi connectivity index (χ4v) is 5.61. The van der Waals surface area contributed by atoms with Gasteiger partial charge in [-0.1, -0.05) is 128 Å². The number of carboxylic acids is 1. The minimum absolute atomic E-state index is 0.115. The number of hydrogen-bond donors (Lipinski definition) is 3. The maximum Gasteiger partial charge on any atom is 0.326 e. The number of rotatable bonds is 35. The van der Waals surface area contributed by atoms with Gasteiger partial charge < -0.3 is 20.9 Å². The summed E-state index contributed by atoms with van der Waals surface area (Å²) in [6.45, 7) is 4.86. The van der Waals surface area contributed by atoms with Crippen LogP contribution in [0.5, 0.6) is 0 Å². The molecule has 2 atom stereocenters. The number of ether oxygens (including phenoxy) is 1. The number of amides is 1. The second kappa shape index (κ2) is 35.9. The highest BCUT2D eigenvalue weighted by atomic mass is 16.5. The van der Waals surface area contributed by atoms with Crippen molar-refractivity contribution < 1.29 is 24.2 Å². The Kier molecular flexibility index (Phi) is 34.1. The number of nitrogens with one attached hydrogen (secondary N) is 1. The molecular formula is C41H74N2O5. The Balaban J connectivity index is 4.27. The van der Waals surface area contributed by atoms with Crippen LogP contribution in [0, 0.1) is 0 Å². The zero-order valence-electron chi connectivity index (χ0n) is 31.1. The van der Waals surface area contributed by atoms with E-state index < -0.39 is 12.0 Å². The number of carbonyl (C=O) groups excluding carboxylic acids is 2. The maximum atomic E-state index is 12.6. The summed E-state index contributed by atoms with van der Waals surface area (Å²) in [4.78, 5) is 36.2. The first-order chi connectivity index (χ1) is 23.4. The summed E-state index contributed by atoms with van der Waals surface area (Å²) in [5.41, 5.74) is 5.47. The van der Waals surface area contributed by atoms with Gasteiger partial charge in [0.05, 0.1) is 0 Å². The van der Waals surface area contributed by atoms with Gasteiger partial charge in [0.25, 0.3) is 0 Å². The van der Waals surface area contributed by atoms with Gasteiger partial charge in [-0.3, -0.25) is 9.59 Å². The molecule has 0 aromatic carbocycles. The van der Waals surface area contributed by atoms with Crippen molar-refractivity contribution >= 4 is 17.8 Å². The van der Waals surface area contributed by atoms with E-state index in [0.717, 1.165) is 64.2 Å². The summed E-state index contributed by atoms with van der Waals surface area (Å²) in [6.07, 6.45) is 40.6. The molecule has 0 saturated heterocycles. The molecule has 0 bridgehead atoms. The van der Waals surface area contributed by atoms with Crippen LogP contribution in [0.3, 0.4) is 0 Å². The van der Waals surface area contributed by atoms with E-state index in [2.05, 4.69) is 49.5 Å². The van der Waals surface area contributed by atoms with Crippen molar-refractivity contribution in [3.8, 4) is 0 Å². The van der Waals surface area contributed by atoms with Crippen molar-refractivity contribution in [1.29, 1.82) is 0 Å². The number of nitrogens with two attached hydrogens (primary N) is 1. The Morgan fingerprint density at radius 2 is 1.17 bits per heavy atom. The standard InChI is InChI=1S/C41H74N2O5/c1-3-5-7-9-11-12-13-14-15-16-17-18-19-21-23-29-35-40(45)48-37(31-26-22-20-10-8-6-4-2)32-27-24-25-28-34-39(44)43-38(41(46)47)33-30-36-42/h10,15-16,20,26,31,37-38H,3-9,11-14,17-19,21-25,27-30,32-36,42H2,1-2H3,(H,43,44)(H,46,47)/b16-15-,20-10-,31-26-. The van der Waals surface area contributed by atoms with Crippen LogP contribution in [-0.4, -0.2) is 41.6 Å². The lowest BCUT2D eigenvalue weighted by atomic mass is 10.1. The van der Waals surface area contributed by atoms with Gasteiger partial charge in [0.2, 0.25) is 5.91 Å². The van der Waals surface area contributed by atoms with Crippen molar-refractivity contribution in [2.75, 3.05) is 6.54 Å². The summed E-state index contributed by atoms with van der Waals surface area (Å²) >= 11 is 0. The molecule has 48 heavy (non-hydrogen) atoms. The lowest BCUT2D eigenvalue weighted by Crippen LogP contribution is -2.40. The van der Waals surface area contributed by atoms with Gasteiger partial charge in [0.15, 0.2) is 0 Å². The molecule has 0 saturated carbocycles. The lowest BCUT2D eigenvalue weighted by molar-refractivity contribution is -0.147. The van der Waals surface area contributed by atoms with Gasteiger partial charge >= 0.3 is 11.9 Å². The Morgan fingerprint density at radius 1 is 0.625 bits per heavy atom. The van der Waals surface area contributed by atoms with Crippen LogP contribution in [0.4, 0.5) is 0 Å². The summed E-state index contributed by atoms with van der Waals surface area (Å²) in [5, 5.41) is 11.9.